The minimum Gasteiger partial charge on any atom is -1.00 e. The van der Waals surface area contributed by atoms with Crippen molar-refractivity contribution in [3.05, 3.63) is 54.6 Å². The first-order valence-electron chi connectivity index (χ1n) is 4.34. The van der Waals surface area contributed by atoms with E-state index in [9.17, 15) is 0 Å². The van der Waals surface area contributed by atoms with Crippen molar-refractivity contribution in [3.63, 3.8) is 0 Å². The SMILES string of the molecule is [Cl-].[Cl-].[Cl-].[NH3+]c1ccccc1-c1ccccc1.[Pd+2]. The van der Waals surface area contributed by atoms with Gasteiger partial charge in [0.1, 0.15) is 5.69 Å². The van der Waals surface area contributed by atoms with Gasteiger partial charge < -0.3 is 43.0 Å². The number of hydrogen-bond donors (Lipinski definition) is 1. The van der Waals surface area contributed by atoms with Crippen molar-refractivity contribution >= 4 is 5.69 Å². The number of halogens is 3. The van der Waals surface area contributed by atoms with Crippen molar-refractivity contribution in [2.75, 3.05) is 0 Å². The predicted octanol–water partition coefficient (Wildman–Crippen LogP) is -6.76. The Labute approximate surface area is 134 Å². The van der Waals surface area contributed by atoms with E-state index in [2.05, 4.69) is 23.9 Å². The van der Waals surface area contributed by atoms with Crippen molar-refractivity contribution in [2.24, 2.45) is 0 Å². The molecule has 0 atom stereocenters. The Morgan fingerprint density at radius 2 is 1.12 bits per heavy atom. The molecule has 5 heteroatoms. The average molecular weight is 383 g/mol. The molecule has 0 saturated carbocycles. The molecule has 0 aliphatic carbocycles. The van der Waals surface area contributed by atoms with E-state index in [0.29, 0.717) is 0 Å². The summed E-state index contributed by atoms with van der Waals surface area (Å²) < 4.78 is 0. The summed E-state index contributed by atoms with van der Waals surface area (Å²) in [5.41, 5.74) is 7.52. The van der Waals surface area contributed by atoms with E-state index in [1.165, 1.54) is 11.1 Å². The Bertz CT molecular complexity index is 410. The second-order valence-corrected chi connectivity index (χ2v) is 3.02. The minimum absolute atomic E-state index is 0. The van der Waals surface area contributed by atoms with Crippen LogP contribution in [-0.2, 0) is 20.4 Å². The maximum absolute atomic E-state index is 4.00. The van der Waals surface area contributed by atoms with Gasteiger partial charge in [0.15, 0.2) is 0 Å². The van der Waals surface area contributed by atoms with E-state index < -0.39 is 0 Å². The van der Waals surface area contributed by atoms with Gasteiger partial charge in [-0.1, -0.05) is 42.5 Å². The monoisotopic (exact) mass is 381 g/mol. The van der Waals surface area contributed by atoms with Crippen molar-refractivity contribution in [1.82, 2.24) is 0 Å². The van der Waals surface area contributed by atoms with Gasteiger partial charge in [0.05, 0.1) is 0 Å². The first-order valence-corrected chi connectivity index (χ1v) is 4.34. The molecule has 0 unspecified atom stereocenters. The van der Waals surface area contributed by atoms with Crippen LogP contribution in [0.5, 0.6) is 0 Å². The molecule has 17 heavy (non-hydrogen) atoms. The summed E-state index contributed by atoms with van der Waals surface area (Å²) in [6.07, 6.45) is 0. The van der Waals surface area contributed by atoms with Gasteiger partial charge in [-0.25, -0.2) is 0 Å². The van der Waals surface area contributed by atoms with Gasteiger partial charge in [-0.05, 0) is 17.7 Å². The molecule has 0 bridgehead atoms. The third-order valence-electron chi connectivity index (χ3n) is 2.10. The Balaban J connectivity index is -0.000000490. The zero-order valence-corrected chi connectivity index (χ0v) is 12.7. The molecule has 0 fully saturated rings. The number of benzene rings is 2. The second-order valence-electron chi connectivity index (χ2n) is 3.02. The van der Waals surface area contributed by atoms with Crippen LogP contribution in [-0.4, -0.2) is 0 Å². The fraction of sp³-hybridized carbons (Fsp3) is 0. The van der Waals surface area contributed by atoms with E-state index in [4.69, 9.17) is 0 Å². The largest absolute Gasteiger partial charge is 2.00 e. The third-order valence-corrected chi connectivity index (χ3v) is 2.10. The topological polar surface area (TPSA) is 27.6 Å². The fourth-order valence-electron chi connectivity index (χ4n) is 1.42. The molecule has 2 aromatic carbocycles. The fourth-order valence-corrected chi connectivity index (χ4v) is 1.42. The van der Waals surface area contributed by atoms with Crippen molar-refractivity contribution in [3.8, 4) is 11.1 Å². The molecule has 0 amide bonds. The standard InChI is InChI=1S/C12H11N.3ClH.Pd/c13-12-9-5-4-8-11(12)10-6-2-1-3-7-10;;;;/h1-9H,13H2;3*1H;/q;;;;+2/p-2. The zero-order valence-electron chi connectivity index (χ0n) is 8.85. The summed E-state index contributed by atoms with van der Waals surface area (Å²) in [5, 5.41) is 0. The van der Waals surface area contributed by atoms with E-state index in [1.807, 2.05) is 36.4 Å². The normalized spacial score (nSPS) is 7.59. The maximum Gasteiger partial charge on any atom is 2.00 e. The molecule has 0 aliphatic heterocycles. The molecule has 0 spiro atoms. The molecule has 0 radical (unpaired) electrons. The van der Waals surface area contributed by atoms with Crippen LogP contribution < -0.4 is 43.0 Å². The molecule has 0 saturated heterocycles. The summed E-state index contributed by atoms with van der Waals surface area (Å²) in [4.78, 5) is 0. The molecule has 2 aromatic rings. The molecule has 1 nitrogen and oxygen atoms in total. The quantitative estimate of drug-likeness (QED) is 0.475. The van der Waals surface area contributed by atoms with E-state index in [0.717, 1.165) is 5.69 Å². The van der Waals surface area contributed by atoms with Crippen LogP contribution in [0.2, 0.25) is 0 Å². The zero-order chi connectivity index (χ0) is 9.10. The summed E-state index contributed by atoms with van der Waals surface area (Å²) in [6.45, 7) is 0. The van der Waals surface area contributed by atoms with Gasteiger partial charge >= 0.3 is 20.4 Å². The van der Waals surface area contributed by atoms with Crippen LogP contribution in [0.1, 0.15) is 0 Å². The molecule has 3 N–H and O–H groups in total. The molecule has 96 valence electrons. The summed E-state index contributed by atoms with van der Waals surface area (Å²) in [7, 11) is 0. The van der Waals surface area contributed by atoms with Gasteiger partial charge in [0, 0.05) is 5.56 Å². The maximum atomic E-state index is 4.00. The van der Waals surface area contributed by atoms with Crippen molar-refractivity contribution in [1.29, 1.82) is 0 Å². The molecule has 0 aromatic heterocycles. The van der Waals surface area contributed by atoms with Crippen molar-refractivity contribution in [2.45, 2.75) is 0 Å². The van der Waals surface area contributed by atoms with Gasteiger partial charge in [0.2, 0.25) is 0 Å². The Kier molecular flexibility index (Phi) is 14.4. The third kappa shape index (κ3) is 5.88. The van der Waals surface area contributed by atoms with Crippen molar-refractivity contribution < 1.29 is 63.4 Å². The van der Waals surface area contributed by atoms with Crippen LogP contribution >= 0.6 is 0 Å². The number of hydrogen-bond acceptors (Lipinski definition) is 0. The Hall–Kier alpha value is -0.0677. The van der Waals surface area contributed by atoms with Crippen LogP contribution in [0.25, 0.3) is 11.1 Å². The average Bonchev–Trinajstić information content (AvgIpc) is 2.20. The number of quaternary nitrogens is 1. The van der Waals surface area contributed by atoms with Crippen LogP contribution in [0.3, 0.4) is 0 Å². The second kappa shape index (κ2) is 11.0. The first-order chi connectivity index (χ1) is 6.38. The molecular weight excluding hydrogens is 371 g/mol. The van der Waals surface area contributed by atoms with E-state index in [-0.39, 0.29) is 57.6 Å². The molecule has 2 rings (SSSR count). The number of rotatable bonds is 1. The molecule has 0 aliphatic rings. The van der Waals surface area contributed by atoms with Gasteiger partial charge in [-0.3, -0.25) is 0 Å². The first kappa shape index (κ1) is 22.1. The Morgan fingerprint density at radius 1 is 0.647 bits per heavy atom. The summed E-state index contributed by atoms with van der Waals surface area (Å²) in [6, 6.07) is 18.5. The van der Waals surface area contributed by atoms with E-state index >= 15 is 0 Å². The van der Waals surface area contributed by atoms with Gasteiger partial charge in [0.25, 0.3) is 0 Å². The summed E-state index contributed by atoms with van der Waals surface area (Å²) in [5.74, 6) is 0. The van der Waals surface area contributed by atoms with Gasteiger partial charge in [-0.15, -0.1) is 0 Å². The molecule has 0 heterocycles. The smallest absolute Gasteiger partial charge is 1.00 e. The van der Waals surface area contributed by atoms with Gasteiger partial charge in [-0.2, -0.15) is 0 Å². The van der Waals surface area contributed by atoms with Crippen LogP contribution in [0, 0.1) is 0 Å². The predicted molar refractivity (Wildman–Crippen MR) is 54.4 cm³/mol. The minimum atomic E-state index is 0. The Morgan fingerprint density at radius 3 is 1.65 bits per heavy atom. The van der Waals surface area contributed by atoms with Crippen LogP contribution in [0.15, 0.2) is 54.6 Å². The summed E-state index contributed by atoms with van der Waals surface area (Å²) >= 11 is 0. The molecular formula is C12H12Cl3NPd. The van der Waals surface area contributed by atoms with Crippen LogP contribution in [0.4, 0.5) is 5.69 Å². The van der Waals surface area contributed by atoms with E-state index in [1.54, 1.807) is 0 Å².